The molecule has 3 heteroatoms. The minimum absolute atomic E-state index is 0.0544. The van der Waals surface area contributed by atoms with Gasteiger partial charge in [-0.3, -0.25) is 4.90 Å². The van der Waals surface area contributed by atoms with Gasteiger partial charge in [0.2, 0.25) is 0 Å². The van der Waals surface area contributed by atoms with Crippen LogP contribution >= 0.6 is 0 Å². The minimum atomic E-state index is 0.0544. The Morgan fingerprint density at radius 1 is 1.33 bits per heavy atom. The van der Waals surface area contributed by atoms with E-state index in [0.29, 0.717) is 12.5 Å². The molecule has 1 heterocycles. The first-order chi connectivity index (χ1) is 10.2. The Kier molecular flexibility index (Phi) is 6.22. The SMILES string of the molecule is CCC(CN)(Cc1ccccc1)N(C)CC1CCCOC1. The topological polar surface area (TPSA) is 38.5 Å². The van der Waals surface area contributed by atoms with Crippen LogP contribution in [0, 0.1) is 5.92 Å². The molecule has 2 N–H and O–H groups in total. The summed E-state index contributed by atoms with van der Waals surface area (Å²) in [6.07, 6.45) is 4.56. The van der Waals surface area contributed by atoms with Gasteiger partial charge in [0.1, 0.15) is 0 Å². The summed E-state index contributed by atoms with van der Waals surface area (Å²) in [7, 11) is 2.23. The Morgan fingerprint density at radius 2 is 2.10 bits per heavy atom. The monoisotopic (exact) mass is 290 g/mol. The number of hydrogen-bond acceptors (Lipinski definition) is 3. The van der Waals surface area contributed by atoms with Crippen molar-refractivity contribution in [3.8, 4) is 0 Å². The normalized spacial score (nSPS) is 22.2. The molecule has 21 heavy (non-hydrogen) atoms. The molecule has 1 aliphatic heterocycles. The molecule has 1 aromatic carbocycles. The molecule has 0 bridgehead atoms. The van der Waals surface area contributed by atoms with Crippen molar-refractivity contribution in [2.24, 2.45) is 11.7 Å². The fourth-order valence-electron chi connectivity index (χ4n) is 3.41. The lowest BCUT2D eigenvalue weighted by molar-refractivity contribution is 0.0192. The summed E-state index contributed by atoms with van der Waals surface area (Å²) in [6.45, 7) is 5.87. The molecule has 0 amide bonds. The zero-order chi connectivity index (χ0) is 15.1. The highest BCUT2D eigenvalue weighted by atomic mass is 16.5. The van der Waals surface area contributed by atoms with Gasteiger partial charge in [-0.2, -0.15) is 0 Å². The Labute approximate surface area is 129 Å². The maximum atomic E-state index is 6.20. The van der Waals surface area contributed by atoms with Crippen LogP contribution in [0.25, 0.3) is 0 Å². The molecular weight excluding hydrogens is 260 g/mol. The van der Waals surface area contributed by atoms with Crippen molar-refractivity contribution in [2.75, 3.05) is 33.4 Å². The van der Waals surface area contributed by atoms with Gasteiger partial charge >= 0.3 is 0 Å². The van der Waals surface area contributed by atoms with E-state index in [4.69, 9.17) is 10.5 Å². The first-order valence-electron chi connectivity index (χ1n) is 8.23. The van der Waals surface area contributed by atoms with Gasteiger partial charge in [0.25, 0.3) is 0 Å². The molecule has 3 nitrogen and oxygen atoms in total. The third-order valence-electron chi connectivity index (χ3n) is 5.01. The van der Waals surface area contributed by atoms with Gasteiger partial charge < -0.3 is 10.5 Å². The standard InChI is InChI=1S/C18H30N2O/c1-3-18(15-19,12-16-8-5-4-6-9-16)20(2)13-17-10-7-11-21-14-17/h4-6,8-9,17H,3,7,10-15,19H2,1-2H3. The van der Waals surface area contributed by atoms with Crippen molar-refractivity contribution in [3.05, 3.63) is 35.9 Å². The lowest BCUT2D eigenvalue weighted by Gasteiger charge is -2.43. The summed E-state index contributed by atoms with van der Waals surface area (Å²) in [5, 5.41) is 0. The second-order valence-electron chi connectivity index (χ2n) is 6.41. The summed E-state index contributed by atoms with van der Waals surface area (Å²) in [5.41, 5.74) is 7.63. The molecule has 1 saturated heterocycles. The van der Waals surface area contributed by atoms with E-state index in [1.54, 1.807) is 0 Å². The predicted octanol–water partition coefficient (Wildman–Crippen LogP) is 2.70. The van der Waals surface area contributed by atoms with E-state index in [1.807, 2.05) is 0 Å². The number of ether oxygens (including phenoxy) is 1. The molecule has 2 atom stereocenters. The average molecular weight is 290 g/mol. The van der Waals surface area contributed by atoms with Crippen molar-refractivity contribution in [3.63, 3.8) is 0 Å². The zero-order valence-electron chi connectivity index (χ0n) is 13.6. The van der Waals surface area contributed by atoms with Crippen LogP contribution in [0.2, 0.25) is 0 Å². The fourth-order valence-corrected chi connectivity index (χ4v) is 3.41. The zero-order valence-corrected chi connectivity index (χ0v) is 13.6. The van der Waals surface area contributed by atoms with Crippen LogP contribution in [0.15, 0.2) is 30.3 Å². The third kappa shape index (κ3) is 4.29. The molecule has 0 radical (unpaired) electrons. The van der Waals surface area contributed by atoms with Crippen molar-refractivity contribution in [1.29, 1.82) is 0 Å². The molecule has 1 aliphatic rings. The quantitative estimate of drug-likeness (QED) is 0.839. The van der Waals surface area contributed by atoms with Gasteiger partial charge in [-0.25, -0.2) is 0 Å². The van der Waals surface area contributed by atoms with Crippen molar-refractivity contribution >= 4 is 0 Å². The molecule has 1 aromatic rings. The molecular formula is C18H30N2O. The van der Waals surface area contributed by atoms with E-state index < -0.39 is 0 Å². The van der Waals surface area contributed by atoms with E-state index in [-0.39, 0.29) is 5.54 Å². The summed E-state index contributed by atoms with van der Waals surface area (Å²) >= 11 is 0. The van der Waals surface area contributed by atoms with Crippen LogP contribution in [0.1, 0.15) is 31.7 Å². The number of nitrogens with zero attached hydrogens (tertiary/aromatic N) is 1. The maximum Gasteiger partial charge on any atom is 0.0506 e. The Bertz CT molecular complexity index is 397. The second-order valence-corrected chi connectivity index (χ2v) is 6.41. The van der Waals surface area contributed by atoms with Crippen molar-refractivity contribution in [2.45, 2.75) is 38.1 Å². The van der Waals surface area contributed by atoms with Gasteiger partial charge in [0.15, 0.2) is 0 Å². The van der Waals surface area contributed by atoms with Crippen LogP contribution in [-0.4, -0.2) is 43.8 Å². The Morgan fingerprint density at radius 3 is 2.67 bits per heavy atom. The Hall–Kier alpha value is -0.900. The molecule has 2 rings (SSSR count). The van der Waals surface area contributed by atoms with Crippen LogP contribution in [0.4, 0.5) is 0 Å². The molecule has 0 aromatic heterocycles. The lowest BCUT2D eigenvalue weighted by atomic mass is 9.85. The highest BCUT2D eigenvalue weighted by molar-refractivity contribution is 5.18. The smallest absolute Gasteiger partial charge is 0.0506 e. The van der Waals surface area contributed by atoms with Crippen LogP contribution < -0.4 is 5.73 Å². The van der Waals surface area contributed by atoms with Gasteiger partial charge in [-0.15, -0.1) is 0 Å². The summed E-state index contributed by atoms with van der Waals surface area (Å²) in [4.78, 5) is 2.49. The molecule has 0 aliphatic carbocycles. The largest absolute Gasteiger partial charge is 0.381 e. The lowest BCUT2D eigenvalue weighted by Crippen LogP contribution is -2.55. The van der Waals surface area contributed by atoms with Gasteiger partial charge in [0, 0.05) is 25.2 Å². The highest BCUT2D eigenvalue weighted by Gasteiger charge is 2.33. The number of hydrogen-bond donors (Lipinski definition) is 1. The van der Waals surface area contributed by atoms with Crippen LogP contribution in [0.3, 0.4) is 0 Å². The first-order valence-corrected chi connectivity index (χ1v) is 8.23. The summed E-state index contributed by atoms with van der Waals surface area (Å²) in [5.74, 6) is 0.650. The number of benzene rings is 1. The molecule has 1 fully saturated rings. The average Bonchev–Trinajstić information content (AvgIpc) is 2.54. The maximum absolute atomic E-state index is 6.20. The number of likely N-dealkylation sites (N-methyl/N-ethyl adjacent to an activating group) is 1. The van der Waals surface area contributed by atoms with Crippen LogP contribution in [-0.2, 0) is 11.2 Å². The molecule has 0 saturated carbocycles. The van der Waals surface area contributed by atoms with E-state index in [9.17, 15) is 0 Å². The minimum Gasteiger partial charge on any atom is -0.381 e. The van der Waals surface area contributed by atoms with Crippen molar-refractivity contribution in [1.82, 2.24) is 4.90 Å². The van der Waals surface area contributed by atoms with Gasteiger partial charge in [0.05, 0.1) is 6.61 Å². The van der Waals surface area contributed by atoms with E-state index in [1.165, 1.54) is 18.4 Å². The molecule has 2 unspecified atom stereocenters. The van der Waals surface area contributed by atoms with E-state index in [0.717, 1.165) is 32.6 Å². The van der Waals surface area contributed by atoms with E-state index in [2.05, 4.69) is 49.2 Å². The summed E-state index contributed by atoms with van der Waals surface area (Å²) < 4.78 is 5.62. The van der Waals surface area contributed by atoms with E-state index >= 15 is 0 Å². The predicted molar refractivity (Wildman–Crippen MR) is 88.4 cm³/mol. The number of rotatable bonds is 7. The second kappa shape index (κ2) is 7.92. The number of nitrogens with two attached hydrogens (primary N) is 1. The highest BCUT2D eigenvalue weighted by Crippen LogP contribution is 2.25. The van der Waals surface area contributed by atoms with Crippen molar-refractivity contribution < 1.29 is 4.74 Å². The summed E-state index contributed by atoms with van der Waals surface area (Å²) in [6, 6.07) is 10.7. The Balaban J connectivity index is 2.04. The molecule has 0 spiro atoms. The van der Waals surface area contributed by atoms with Gasteiger partial charge in [-0.1, -0.05) is 37.3 Å². The first kappa shape index (κ1) is 16.5. The van der Waals surface area contributed by atoms with Gasteiger partial charge in [-0.05, 0) is 44.2 Å². The fraction of sp³-hybridized carbons (Fsp3) is 0.667. The molecule has 118 valence electrons. The van der Waals surface area contributed by atoms with Crippen LogP contribution in [0.5, 0.6) is 0 Å². The third-order valence-corrected chi connectivity index (χ3v) is 5.01.